The Morgan fingerprint density at radius 1 is 1.17 bits per heavy atom. The molecular formula is C22H15Cl2N3O2. The number of hydrogen-bond acceptors (Lipinski definition) is 3. The van der Waals surface area contributed by atoms with Crippen LogP contribution >= 0.6 is 23.2 Å². The van der Waals surface area contributed by atoms with E-state index in [4.69, 9.17) is 28.5 Å². The molecule has 5 nitrogen and oxygen atoms in total. The molecule has 1 heterocycles. The number of carbonyl (C=O) groups is 1. The maximum absolute atomic E-state index is 11.6. The summed E-state index contributed by atoms with van der Waals surface area (Å²) < 4.78 is 1.52. The number of nitriles is 1. The average Bonchev–Trinajstić information content (AvgIpc) is 3.03. The number of aromatic nitrogens is 2. The molecule has 144 valence electrons. The molecule has 0 aliphatic rings. The maximum Gasteiger partial charge on any atom is 0.356 e. The number of halogens is 2. The van der Waals surface area contributed by atoms with Gasteiger partial charge in [0.25, 0.3) is 0 Å². The van der Waals surface area contributed by atoms with E-state index in [1.165, 1.54) is 4.68 Å². The lowest BCUT2D eigenvalue weighted by Crippen LogP contribution is -2.03. The third kappa shape index (κ3) is 4.43. The van der Waals surface area contributed by atoms with Crippen molar-refractivity contribution in [1.29, 1.82) is 5.26 Å². The number of unbranched alkanes of at least 4 members (excludes halogenated alkanes) is 1. The number of carboxylic acid groups (broad SMARTS) is 1. The van der Waals surface area contributed by atoms with E-state index in [1.54, 1.807) is 25.1 Å². The highest BCUT2D eigenvalue weighted by Gasteiger charge is 2.22. The van der Waals surface area contributed by atoms with Crippen molar-refractivity contribution in [1.82, 2.24) is 9.78 Å². The Kier molecular flexibility index (Phi) is 6.24. The zero-order chi connectivity index (χ0) is 21.0. The largest absolute Gasteiger partial charge is 0.476 e. The Labute approximate surface area is 178 Å². The summed E-state index contributed by atoms with van der Waals surface area (Å²) in [5.41, 5.74) is 3.20. The van der Waals surface area contributed by atoms with E-state index in [1.807, 2.05) is 24.3 Å². The SMILES string of the molecule is Cc1c(C(=O)O)nn(-c2ccc(Cl)cc2Cl)c1-c1ccc(C#CCCC#N)cc1. The molecule has 3 aromatic rings. The van der Waals surface area contributed by atoms with E-state index in [2.05, 4.69) is 23.0 Å². The predicted octanol–water partition coefficient (Wildman–Crippen LogP) is 5.51. The van der Waals surface area contributed by atoms with Gasteiger partial charge in [0.2, 0.25) is 0 Å². The molecule has 0 amide bonds. The summed E-state index contributed by atoms with van der Waals surface area (Å²) in [6, 6.07) is 14.4. The smallest absolute Gasteiger partial charge is 0.356 e. The van der Waals surface area contributed by atoms with Gasteiger partial charge in [-0.2, -0.15) is 10.4 Å². The molecule has 1 N–H and O–H groups in total. The van der Waals surface area contributed by atoms with Crippen LogP contribution in [0.2, 0.25) is 10.0 Å². The van der Waals surface area contributed by atoms with Gasteiger partial charge in [-0.05, 0) is 37.3 Å². The third-order valence-corrected chi connectivity index (χ3v) is 4.75. The van der Waals surface area contributed by atoms with E-state index >= 15 is 0 Å². The van der Waals surface area contributed by atoms with Crippen LogP contribution < -0.4 is 0 Å². The van der Waals surface area contributed by atoms with Crippen LogP contribution in [0.5, 0.6) is 0 Å². The molecule has 0 saturated carbocycles. The second-order valence-electron chi connectivity index (χ2n) is 6.17. The first kappa shape index (κ1) is 20.5. The molecule has 0 unspecified atom stereocenters. The Hall–Kier alpha value is -3.25. The Morgan fingerprint density at radius 2 is 1.90 bits per heavy atom. The zero-order valence-corrected chi connectivity index (χ0v) is 16.9. The molecule has 0 bridgehead atoms. The van der Waals surface area contributed by atoms with Crippen molar-refractivity contribution >= 4 is 29.2 Å². The summed E-state index contributed by atoms with van der Waals surface area (Å²) in [6.07, 6.45) is 0.907. The molecule has 0 fully saturated rings. The van der Waals surface area contributed by atoms with E-state index in [-0.39, 0.29) is 5.69 Å². The molecule has 2 aromatic carbocycles. The van der Waals surface area contributed by atoms with E-state index in [9.17, 15) is 9.90 Å². The molecule has 0 aliphatic carbocycles. The van der Waals surface area contributed by atoms with Gasteiger partial charge in [0.1, 0.15) is 0 Å². The fourth-order valence-electron chi connectivity index (χ4n) is 2.86. The Balaban J connectivity index is 2.10. The Bertz CT molecular complexity index is 1180. The van der Waals surface area contributed by atoms with Crippen LogP contribution in [0.1, 0.15) is 34.5 Å². The first-order chi connectivity index (χ1) is 13.9. The second kappa shape index (κ2) is 8.84. The topological polar surface area (TPSA) is 78.9 Å². The predicted molar refractivity (Wildman–Crippen MR) is 112 cm³/mol. The number of aromatic carboxylic acids is 1. The first-order valence-electron chi connectivity index (χ1n) is 8.67. The molecule has 0 saturated heterocycles. The van der Waals surface area contributed by atoms with Crippen LogP contribution in [-0.2, 0) is 0 Å². The number of nitrogens with zero attached hydrogens (tertiary/aromatic N) is 3. The molecule has 29 heavy (non-hydrogen) atoms. The fraction of sp³-hybridized carbons (Fsp3) is 0.136. The molecule has 0 aliphatic heterocycles. The van der Waals surface area contributed by atoms with Crippen LogP contribution in [0.25, 0.3) is 16.9 Å². The van der Waals surface area contributed by atoms with Crippen LogP contribution in [0.15, 0.2) is 42.5 Å². The zero-order valence-electron chi connectivity index (χ0n) is 15.4. The molecule has 0 spiro atoms. The summed E-state index contributed by atoms with van der Waals surface area (Å²) >= 11 is 12.3. The summed E-state index contributed by atoms with van der Waals surface area (Å²) in [5, 5.41) is 23.2. The summed E-state index contributed by atoms with van der Waals surface area (Å²) in [5.74, 6) is 4.83. The maximum atomic E-state index is 11.6. The lowest BCUT2D eigenvalue weighted by molar-refractivity contribution is 0.0689. The fourth-order valence-corrected chi connectivity index (χ4v) is 3.35. The highest BCUT2D eigenvalue weighted by atomic mass is 35.5. The van der Waals surface area contributed by atoms with Crippen molar-refractivity contribution in [2.24, 2.45) is 0 Å². The number of hydrogen-bond donors (Lipinski definition) is 1. The van der Waals surface area contributed by atoms with Gasteiger partial charge >= 0.3 is 5.97 Å². The van der Waals surface area contributed by atoms with Crippen LogP contribution in [-0.4, -0.2) is 20.9 Å². The molecular weight excluding hydrogens is 409 g/mol. The van der Waals surface area contributed by atoms with Crippen molar-refractivity contribution in [3.63, 3.8) is 0 Å². The first-order valence-corrected chi connectivity index (χ1v) is 9.42. The minimum Gasteiger partial charge on any atom is -0.476 e. The van der Waals surface area contributed by atoms with Crippen LogP contribution in [0.4, 0.5) is 0 Å². The number of rotatable bonds is 4. The number of carboxylic acids is 1. The van der Waals surface area contributed by atoms with E-state index < -0.39 is 5.97 Å². The van der Waals surface area contributed by atoms with Gasteiger partial charge in [-0.3, -0.25) is 0 Å². The minimum atomic E-state index is -1.12. The van der Waals surface area contributed by atoms with E-state index in [0.717, 1.165) is 11.1 Å². The molecule has 3 rings (SSSR count). The monoisotopic (exact) mass is 423 g/mol. The van der Waals surface area contributed by atoms with Gasteiger partial charge in [-0.15, -0.1) is 0 Å². The van der Waals surface area contributed by atoms with Crippen molar-refractivity contribution in [3.8, 4) is 34.9 Å². The molecule has 1 aromatic heterocycles. The van der Waals surface area contributed by atoms with Crippen molar-refractivity contribution in [3.05, 3.63) is 69.3 Å². The quantitative estimate of drug-likeness (QED) is 0.443. The Morgan fingerprint density at radius 3 is 2.52 bits per heavy atom. The van der Waals surface area contributed by atoms with Crippen molar-refractivity contribution in [2.45, 2.75) is 19.8 Å². The van der Waals surface area contributed by atoms with Crippen molar-refractivity contribution in [2.75, 3.05) is 0 Å². The van der Waals surface area contributed by atoms with Gasteiger partial charge in [0, 0.05) is 34.6 Å². The average molecular weight is 424 g/mol. The third-order valence-electron chi connectivity index (χ3n) is 4.22. The lowest BCUT2D eigenvalue weighted by Gasteiger charge is -2.11. The van der Waals surface area contributed by atoms with Crippen molar-refractivity contribution < 1.29 is 9.90 Å². The van der Waals surface area contributed by atoms with E-state index in [0.29, 0.717) is 39.8 Å². The summed E-state index contributed by atoms with van der Waals surface area (Å²) in [4.78, 5) is 11.6. The lowest BCUT2D eigenvalue weighted by atomic mass is 10.0. The van der Waals surface area contributed by atoms with Gasteiger partial charge in [-0.1, -0.05) is 47.2 Å². The molecule has 0 radical (unpaired) electrons. The second-order valence-corrected chi connectivity index (χ2v) is 7.02. The van der Waals surface area contributed by atoms with Gasteiger partial charge in [0.15, 0.2) is 5.69 Å². The summed E-state index contributed by atoms with van der Waals surface area (Å²) in [6.45, 7) is 1.71. The molecule has 7 heteroatoms. The highest BCUT2D eigenvalue weighted by Crippen LogP contribution is 2.32. The van der Waals surface area contributed by atoms with Gasteiger partial charge in [0.05, 0.1) is 22.5 Å². The summed E-state index contributed by atoms with van der Waals surface area (Å²) in [7, 11) is 0. The van der Waals surface area contributed by atoms with Gasteiger partial charge in [-0.25, -0.2) is 9.48 Å². The van der Waals surface area contributed by atoms with Crippen LogP contribution in [0.3, 0.4) is 0 Å². The number of benzene rings is 2. The minimum absolute atomic E-state index is 0.0496. The van der Waals surface area contributed by atoms with Crippen LogP contribution in [0, 0.1) is 30.1 Å². The standard InChI is InChI=1S/C22H15Cl2N3O2/c1-14-20(22(28)29)26-27(19-11-10-17(23)13-18(19)24)21(14)16-8-6-15(7-9-16)5-3-2-4-12-25/h6-11,13H,2,4H2,1H3,(H,28,29). The normalized spacial score (nSPS) is 10.1. The highest BCUT2D eigenvalue weighted by molar-refractivity contribution is 6.35. The molecule has 0 atom stereocenters. The van der Waals surface area contributed by atoms with Gasteiger partial charge < -0.3 is 5.11 Å².